The maximum atomic E-state index is 5.51. The molecule has 2 aromatic heterocycles. The second-order valence-corrected chi connectivity index (χ2v) is 4.36. The summed E-state index contributed by atoms with van der Waals surface area (Å²) in [5.41, 5.74) is 8.45. The van der Waals surface area contributed by atoms with Gasteiger partial charge in [-0.3, -0.25) is 4.98 Å². The summed E-state index contributed by atoms with van der Waals surface area (Å²) in [5.74, 6) is 0.778. The van der Waals surface area contributed by atoms with Crippen LogP contribution in [0.1, 0.15) is 16.8 Å². The van der Waals surface area contributed by atoms with Crippen LogP contribution in [0, 0.1) is 6.92 Å². The molecule has 0 aliphatic rings. The van der Waals surface area contributed by atoms with Crippen molar-refractivity contribution in [2.24, 2.45) is 5.73 Å². The number of aromatic nitrogens is 2. The highest BCUT2D eigenvalue weighted by Crippen LogP contribution is 2.08. The zero-order chi connectivity index (χ0) is 13.0. The molecule has 3 N–H and O–H groups in total. The number of thiocarbonyl (C=S) groups is 1. The summed E-state index contributed by atoms with van der Waals surface area (Å²) in [7, 11) is 0. The fourth-order valence-electron chi connectivity index (χ4n) is 1.52. The highest BCUT2D eigenvalue weighted by Gasteiger charge is 2.00. The van der Waals surface area contributed by atoms with E-state index in [1.165, 1.54) is 0 Å². The number of hydrogen-bond donors (Lipinski definition) is 2. The van der Waals surface area contributed by atoms with Crippen molar-refractivity contribution >= 4 is 23.0 Å². The number of nitrogens with one attached hydrogen (secondary N) is 1. The van der Waals surface area contributed by atoms with Gasteiger partial charge in [-0.2, -0.15) is 0 Å². The minimum Gasteiger partial charge on any atom is -0.389 e. The van der Waals surface area contributed by atoms with E-state index in [2.05, 4.69) is 15.3 Å². The lowest BCUT2D eigenvalue weighted by atomic mass is 10.2. The zero-order valence-electron chi connectivity index (χ0n) is 10.1. The van der Waals surface area contributed by atoms with Gasteiger partial charge in [0.25, 0.3) is 0 Å². The van der Waals surface area contributed by atoms with Crippen LogP contribution >= 0.6 is 12.2 Å². The van der Waals surface area contributed by atoms with Crippen molar-refractivity contribution in [3.63, 3.8) is 0 Å². The summed E-state index contributed by atoms with van der Waals surface area (Å²) in [6.45, 7) is 2.68. The Bertz CT molecular complexity index is 551. The Balaban J connectivity index is 2.02. The van der Waals surface area contributed by atoms with Crippen molar-refractivity contribution in [2.75, 3.05) is 5.32 Å². The van der Waals surface area contributed by atoms with Crippen molar-refractivity contribution in [1.82, 2.24) is 9.97 Å². The molecular weight excluding hydrogens is 244 g/mol. The summed E-state index contributed by atoms with van der Waals surface area (Å²) < 4.78 is 0. The number of aryl methyl sites for hydroxylation is 1. The molecule has 5 heteroatoms. The molecule has 2 aromatic rings. The van der Waals surface area contributed by atoms with Gasteiger partial charge in [0.1, 0.15) is 10.8 Å². The van der Waals surface area contributed by atoms with Crippen LogP contribution in [0.3, 0.4) is 0 Å². The molecule has 0 saturated heterocycles. The fraction of sp³-hybridized carbons (Fsp3) is 0.154. The van der Waals surface area contributed by atoms with Crippen molar-refractivity contribution in [3.05, 3.63) is 53.5 Å². The first-order chi connectivity index (χ1) is 8.66. The molecule has 92 valence electrons. The van der Waals surface area contributed by atoms with E-state index in [1.54, 1.807) is 12.4 Å². The van der Waals surface area contributed by atoms with Crippen molar-refractivity contribution in [1.29, 1.82) is 0 Å². The van der Waals surface area contributed by atoms with Crippen LogP contribution in [0.25, 0.3) is 0 Å². The molecule has 0 unspecified atom stereocenters. The number of anilines is 1. The summed E-state index contributed by atoms with van der Waals surface area (Å²) in [6.07, 6.45) is 3.45. The maximum Gasteiger partial charge on any atom is 0.126 e. The highest BCUT2D eigenvalue weighted by molar-refractivity contribution is 7.80. The van der Waals surface area contributed by atoms with Gasteiger partial charge in [0, 0.05) is 18.0 Å². The molecule has 4 nitrogen and oxygen atoms in total. The molecule has 2 rings (SSSR count). The molecule has 0 aromatic carbocycles. The number of nitrogens with zero attached hydrogens (tertiary/aromatic N) is 2. The van der Waals surface area contributed by atoms with Gasteiger partial charge in [-0.25, -0.2) is 4.98 Å². The van der Waals surface area contributed by atoms with Gasteiger partial charge in [-0.1, -0.05) is 18.3 Å². The molecular formula is C13H14N4S. The molecule has 2 heterocycles. The van der Waals surface area contributed by atoms with E-state index >= 15 is 0 Å². The van der Waals surface area contributed by atoms with Crippen LogP contribution in [-0.2, 0) is 6.54 Å². The van der Waals surface area contributed by atoms with Gasteiger partial charge < -0.3 is 11.1 Å². The van der Waals surface area contributed by atoms with Crippen LogP contribution in [-0.4, -0.2) is 15.0 Å². The van der Waals surface area contributed by atoms with Crippen molar-refractivity contribution < 1.29 is 0 Å². The predicted molar refractivity (Wildman–Crippen MR) is 76.4 cm³/mol. The first-order valence-corrected chi connectivity index (χ1v) is 5.98. The number of nitrogens with two attached hydrogens (primary N) is 1. The van der Waals surface area contributed by atoms with E-state index in [9.17, 15) is 0 Å². The van der Waals surface area contributed by atoms with E-state index < -0.39 is 0 Å². The van der Waals surface area contributed by atoms with Crippen LogP contribution in [0.15, 0.2) is 36.7 Å². The number of pyridine rings is 2. The Labute approximate surface area is 111 Å². The lowest BCUT2D eigenvalue weighted by molar-refractivity contribution is 1.01. The Morgan fingerprint density at radius 3 is 2.78 bits per heavy atom. The summed E-state index contributed by atoms with van der Waals surface area (Å²) in [4.78, 5) is 8.90. The van der Waals surface area contributed by atoms with Gasteiger partial charge in [-0.05, 0) is 30.7 Å². The number of rotatable bonds is 4. The van der Waals surface area contributed by atoms with Gasteiger partial charge in [0.2, 0.25) is 0 Å². The van der Waals surface area contributed by atoms with E-state index in [-0.39, 0.29) is 0 Å². The van der Waals surface area contributed by atoms with Gasteiger partial charge in [0.05, 0.1) is 12.2 Å². The molecule has 0 atom stereocenters. The molecule has 0 bridgehead atoms. The van der Waals surface area contributed by atoms with Crippen molar-refractivity contribution in [2.45, 2.75) is 13.5 Å². The first kappa shape index (κ1) is 12.4. The Morgan fingerprint density at radius 1 is 1.33 bits per heavy atom. The Kier molecular flexibility index (Phi) is 3.84. The molecule has 0 aliphatic carbocycles. The summed E-state index contributed by atoms with van der Waals surface area (Å²) in [5, 5.41) is 3.21. The van der Waals surface area contributed by atoms with E-state index in [1.807, 2.05) is 31.2 Å². The average Bonchev–Trinajstić information content (AvgIpc) is 2.38. The molecule has 0 aliphatic heterocycles. The van der Waals surface area contributed by atoms with Gasteiger partial charge in [0.15, 0.2) is 0 Å². The van der Waals surface area contributed by atoms with E-state index in [0.717, 1.165) is 22.6 Å². The molecule has 0 saturated carbocycles. The average molecular weight is 258 g/mol. The fourth-order valence-corrected chi connectivity index (χ4v) is 1.64. The predicted octanol–water partition coefficient (Wildman–Crippen LogP) is 2.03. The van der Waals surface area contributed by atoms with Gasteiger partial charge in [-0.15, -0.1) is 0 Å². The largest absolute Gasteiger partial charge is 0.389 e. The lowest BCUT2D eigenvalue weighted by Crippen LogP contribution is -2.10. The van der Waals surface area contributed by atoms with Crippen molar-refractivity contribution in [3.8, 4) is 0 Å². The van der Waals surface area contributed by atoms with E-state index in [4.69, 9.17) is 18.0 Å². The highest BCUT2D eigenvalue weighted by atomic mass is 32.1. The zero-order valence-corrected chi connectivity index (χ0v) is 10.9. The van der Waals surface area contributed by atoms with E-state index in [0.29, 0.717) is 11.5 Å². The molecule has 0 fully saturated rings. The van der Waals surface area contributed by atoms with Crippen LogP contribution in [0.4, 0.5) is 5.82 Å². The Morgan fingerprint density at radius 2 is 2.17 bits per heavy atom. The molecule has 18 heavy (non-hydrogen) atoms. The third-order valence-electron chi connectivity index (χ3n) is 2.60. The minimum atomic E-state index is 0.356. The quantitative estimate of drug-likeness (QED) is 0.822. The topological polar surface area (TPSA) is 63.8 Å². The molecule has 0 amide bonds. The molecule has 0 spiro atoms. The maximum absolute atomic E-state index is 5.51. The lowest BCUT2D eigenvalue weighted by Gasteiger charge is -2.07. The second-order valence-electron chi connectivity index (χ2n) is 3.92. The first-order valence-electron chi connectivity index (χ1n) is 5.57. The molecule has 0 radical (unpaired) electrons. The second kappa shape index (κ2) is 5.55. The normalized spacial score (nSPS) is 10.1. The van der Waals surface area contributed by atoms with Crippen LogP contribution in [0.2, 0.25) is 0 Å². The third-order valence-corrected chi connectivity index (χ3v) is 2.84. The van der Waals surface area contributed by atoms with Crippen LogP contribution in [0.5, 0.6) is 0 Å². The number of hydrogen-bond acceptors (Lipinski definition) is 4. The summed E-state index contributed by atoms with van der Waals surface area (Å²) in [6, 6.07) is 7.66. The Hall–Kier alpha value is -2.01. The van der Waals surface area contributed by atoms with Gasteiger partial charge >= 0.3 is 0 Å². The summed E-state index contributed by atoms with van der Waals surface area (Å²) >= 11 is 4.87. The third kappa shape index (κ3) is 3.01. The minimum absolute atomic E-state index is 0.356. The monoisotopic (exact) mass is 258 g/mol. The SMILES string of the molecule is Cc1cccnc1CNc1ccc(C(N)=S)cn1. The standard InChI is InChI=1S/C13H14N4S/c1-9-3-2-6-15-11(9)8-17-12-5-4-10(7-16-12)13(14)18/h2-7H,8H2,1H3,(H2,14,18)(H,16,17). The van der Waals surface area contributed by atoms with Crippen LogP contribution < -0.4 is 11.1 Å². The smallest absolute Gasteiger partial charge is 0.126 e.